The van der Waals surface area contributed by atoms with E-state index in [1.165, 1.54) is 0 Å². The van der Waals surface area contributed by atoms with Gasteiger partial charge in [0.2, 0.25) is 0 Å². The van der Waals surface area contributed by atoms with Gasteiger partial charge in [-0.25, -0.2) is 4.98 Å². The van der Waals surface area contributed by atoms with Crippen molar-refractivity contribution in [2.24, 2.45) is 0 Å². The smallest absolute Gasteiger partial charge is 0.110 e. The molecule has 0 aliphatic rings. The fourth-order valence-corrected chi connectivity index (χ4v) is 1.94. The molecule has 0 radical (unpaired) electrons. The molecule has 0 amide bonds. The van der Waals surface area contributed by atoms with E-state index in [1.807, 2.05) is 35.9 Å². The summed E-state index contributed by atoms with van der Waals surface area (Å²) in [7, 11) is 0. The second kappa shape index (κ2) is 3.46. The lowest BCUT2D eigenvalue weighted by Crippen LogP contribution is -1.97. The van der Waals surface area contributed by atoms with Gasteiger partial charge in [0.15, 0.2) is 0 Å². The minimum absolute atomic E-state index is 0.749. The van der Waals surface area contributed by atoms with E-state index in [9.17, 15) is 0 Å². The molecule has 0 saturated heterocycles. The Kier molecular flexibility index (Phi) is 2.29. The van der Waals surface area contributed by atoms with Crippen LogP contribution in [0.5, 0.6) is 0 Å². The van der Waals surface area contributed by atoms with Gasteiger partial charge >= 0.3 is 0 Å². The number of nitrogens with zero attached hydrogens (tertiary/aromatic N) is 2. The topological polar surface area (TPSA) is 43.8 Å². The quantitative estimate of drug-likeness (QED) is 0.792. The molecule has 1 aromatic heterocycles. The highest BCUT2D eigenvalue weighted by atomic mass is 79.9. The molecule has 0 aliphatic carbocycles. The number of rotatable bonds is 1. The van der Waals surface area contributed by atoms with Gasteiger partial charge in [0, 0.05) is 22.6 Å². The molecule has 0 fully saturated rings. The number of hydrogen-bond acceptors (Lipinski definition) is 2. The predicted molar refractivity (Wildman–Crippen MR) is 60.4 cm³/mol. The summed E-state index contributed by atoms with van der Waals surface area (Å²) in [6.45, 7) is 1.96. The van der Waals surface area contributed by atoms with Crippen LogP contribution < -0.4 is 5.73 Å². The maximum atomic E-state index is 5.66. The van der Waals surface area contributed by atoms with Gasteiger partial charge < -0.3 is 10.3 Å². The number of halogens is 1. The van der Waals surface area contributed by atoms with E-state index >= 15 is 0 Å². The van der Waals surface area contributed by atoms with E-state index in [-0.39, 0.29) is 0 Å². The number of anilines is 1. The summed E-state index contributed by atoms with van der Waals surface area (Å²) in [5, 5.41) is 0. The van der Waals surface area contributed by atoms with Crippen molar-refractivity contribution < 1.29 is 0 Å². The van der Waals surface area contributed by atoms with Crippen LogP contribution in [0.4, 0.5) is 5.69 Å². The number of aromatic nitrogens is 2. The number of benzene rings is 1. The molecule has 3 nitrogen and oxygen atoms in total. The second-order valence-electron chi connectivity index (χ2n) is 3.06. The molecule has 0 spiro atoms. The third-order valence-corrected chi connectivity index (χ3v) is 2.69. The Labute approximate surface area is 90.7 Å². The number of hydrogen-bond donors (Lipinski definition) is 1. The van der Waals surface area contributed by atoms with Crippen LogP contribution in [0.3, 0.4) is 0 Å². The monoisotopic (exact) mass is 251 g/mol. The van der Waals surface area contributed by atoms with Crippen LogP contribution in [0, 0.1) is 6.92 Å². The molecule has 0 saturated carbocycles. The van der Waals surface area contributed by atoms with E-state index in [1.54, 1.807) is 6.20 Å². The summed E-state index contributed by atoms with van der Waals surface area (Å²) in [5.74, 6) is 0.954. The van der Waals surface area contributed by atoms with Crippen LogP contribution in [0.1, 0.15) is 5.82 Å². The van der Waals surface area contributed by atoms with E-state index < -0.39 is 0 Å². The van der Waals surface area contributed by atoms with Crippen molar-refractivity contribution in [3.05, 3.63) is 40.9 Å². The van der Waals surface area contributed by atoms with Crippen LogP contribution in [-0.4, -0.2) is 9.55 Å². The molecule has 14 heavy (non-hydrogen) atoms. The average Bonchev–Trinajstić information content (AvgIpc) is 2.52. The van der Waals surface area contributed by atoms with Gasteiger partial charge in [0.05, 0.1) is 5.69 Å². The first kappa shape index (κ1) is 9.27. The Morgan fingerprint density at radius 2 is 2.21 bits per heavy atom. The first-order valence-corrected chi connectivity index (χ1v) is 5.03. The third kappa shape index (κ3) is 1.53. The second-order valence-corrected chi connectivity index (χ2v) is 3.91. The van der Waals surface area contributed by atoms with Crippen LogP contribution in [-0.2, 0) is 0 Å². The molecule has 0 atom stereocenters. The standard InChI is InChI=1S/C10H10BrN3/c1-7-13-4-5-14(7)10-3-2-8(12)6-9(10)11/h2-6H,12H2,1H3. The Balaban J connectivity index is 2.58. The van der Waals surface area contributed by atoms with Crippen LogP contribution in [0.25, 0.3) is 5.69 Å². The Bertz CT molecular complexity index is 462. The minimum Gasteiger partial charge on any atom is -0.399 e. The maximum absolute atomic E-state index is 5.66. The zero-order chi connectivity index (χ0) is 10.1. The minimum atomic E-state index is 0.749. The lowest BCUT2D eigenvalue weighted by atomic mass is 10.3. The molecule has 0 aliphatic heterocycles. The maximum Gasteiger partial charge on any atom is 0.110 e. The molecule has 1 heterocycles. The van der Waals surface area contributed by atoms with E-state index in [0.717, 1.165) is 21.7 Å². The van der Waals surface area contributed by atoms with Crippen LogP contribution in [0.15, 0.2) is 35.1 Å². The number of nitrogens with two attached hydrogens (primary N) is 1. The lowest BCUT2D eigenvalue weighted by molar-refractivity contribution is 0.970. The normalized spacial score (nSPS) is 10.4. The van der Waals surface area contributed by atoms with E-state index in [0.29, 0.717) is 0 Å². The summed E-state index contributed by atoms with van der Waals surface area (Å²) in [4.78, 5) is 4.17. The highest BCUT2D eigenvalue weighted by Crippen LogP contribution is 2.24. The van der Waals surface area contributed by atoms with E-state index in [2.05, 4.69) is 20.9 Å². The third-order valence-electron chi connectivity index (χ3n) is 2.06. The molecule has 2 N–H and O–H groups in total. The van der Waals surface area contributed by atoms with Crippen molar-refractivity contribution >= 4 is 21.6 Å². The zero-order valence-electron chi connectivity index (χ0n) is 7.74. The molecule has 72 valence electrons. The van der Waals surface area contributed by atoms with Gasteiger partial charge in [-0.1, -0.05) is 0 Å². The molecule has 0 bridgehead atoms. The van der Waals surface area contributed by atoms with Gasteiger partial charge in [-0.3, -0.25) is 0 Å². The lowest BCUT2D eigenvalue weighted by Gasteiger charge is -2.07. The largest absolute Gasteiger partial charge is 0.399 e. The van der Waals surface area contributed by atoms with Crippen molar-refractivity contribution in [1.29, 1.82) is 0 Å². The fourth-order valence-electron chi connectivity index (χ4n) is 1.35. The van der Waals surface area contributed by atoms with Crippen LogP contribution >= 0.6 is 15.9 Å². The highest BCUT2D eigenvalue weighted by Gasteiger charge is 2.04. The van der Waals surface area contributed by atoms with Gasteiger partial charge in [0.1, 0.15) is 5.82 Å². The summed E-state index contributed by atoms with van der Waals surface area (Å²) < 4.78 is 2.97. The number of aryl methyl sites for hydroxylation is 1. The SMILES string of the molecule is Cc1nccn1-c1ccc(N)cc1Br. The van der Waals surface area contributed by atoms with E-state index in [4.69, 9.17) is 5.73 Å². The molecule has 4 heteroatoms. The van der Waals surface area contributed by atoms with Gasteiger partial charge in [-0.05, 0) is 41.1 Å². The average molecular weight is 252 g/mol. The van der Waals surface area contributed by atoms with Crippen molar-refractivity contribution in [2.45, 2.75) is 6.92 Å². The molecule has 0 unspecified atom stereocenters. The first-order valence-electron chi connectivity index (χ1n) is 4.24. The summed E-state index contributed by atoms with van der Waals surface area (Å²) in [6.07, 6.45) is 3.70. The summed E-state index contributed by atoms with van der Waals surface area (Å²) in [6, 6.07) is 5.72. The zero-order valence-corrected chi connectivity index (χ0v) is 9.32. The number of imidazole rings is 1. The van der Waals surface area contributed by atoms with Crippen molar-refractivity contribution in [2.75, 3.05) is 5.73 Å². The van der Waals surface area contributed by atoms with Crippen molar-refractivity contribution in [1.82, 2.24) is 9.55 Å². The molecule has 2 rings (SSSR count). The Morgan fingerprint density at radius 3 is 2.79 bits per heavy atom. The Morgan fingerprint density at radius 1 is 1.43 bits per heavy atom. The Hall–Kier alpha value is -1.29. The highest BCUT2D eigenvalue weighted by molar-refractivity contribution is 9.10. The molecule has 2 aromatic rings. The summed E-state index contributed by atoms with van der Waals surface area (Å²) >= 11 is 3.47. The molecule has 1 aromatic carbocycles. The van der Waals surface area contributed by atoms with Crippen LogP contribution in [0.2, 0.25) is 0 Å². The van der Waals surface area contributed by atoms with Crippen molar-refractivity contribution in [3.8, 4) is 5.69 Å². The molecular weight excluding hydrogens is 242 g/mol. The summed E-state index contributed by atoms with van der Waals surface area (Å²) in [5.41, 5.74) is 7.46. The van der Waals surface area contributed by atoms with Gasteiger partial charge in [-0.2, -0.15) is 0 Å². The fraction of sp³-hybridized carbons (Fsp3) is 0.100. The van der Waals surface area contributed by atoms with Gasteiger partial charge in [-0.15, -0.1) is 0 Å². The number of nitrogen functional groups attached to an aromatic ring is 1. The van der Waals surface area contributed by atoms with Gasteiger partial charge in [0.25, 0.3) is 0 Å². The van der Waals surface area contributed by atoms with Crippen molar-refractivity contribution in [3.63, 3.8) is 0 Å². The predicted octanol–water partition coefficient (Wildman–Crippen LogP) is 2.53. The first-order chi connectivity index (χ1) is 6.68. The molecular formula is C10H10BrN3.